The Morgan fingerprint density at radius 3 is 2.84 bits per heavy atom. The van der Waals surface area contributed by atoms with Crippen molar-refractivity contribution in [3.63, 3.8) is 0 Å². The van der Waals surface area contributed by atoms with Gasteiger partial charge in [0.2, 0.25) is 0 Å². The maximum Gasteiger partial charge on any atom is 0.0732 e. The highest BCUT2D eigenvalue weighted by Gasteiger charge is 2.28. The smallest absolute Gasteiger partial charge is 0.0732 e. The van der Waals surface area contributed by atoms with Crippen LogP contribution in [0.1, 0.15) is 49.4 Å². The van der Waals surface area contributed by atoms with Crippen molar-refractivity contribution >= 4 is 5.57 Å². The van der Waals surface area contributed by atoms with E-state index < -0.39 is 0 Å². The Hall–Kier alpha value is -1.90. The molecular formula is C16H17N3. The first-order valence-electron chi connectivity index (χ1n) is 6.94. The molecule has 96 valence electrons. The van der Waals surface area contributed by atoms with E-state index in [4.69, 9.17) is 0 Å². The van der Waals surface area contributed by atoms with Gasteiger partial charge in [0, 0.05) is 5.92 Å². The molecule has 19 heavy (non-hydrogen) atoms. The van der Waals surface area contributed by atoms with E-state index >= 15 is 0 Å². The quantitative estimate of drug-likeness (QED) is 0.818. The van der Waals surface area contributed by atoms with Crippen LogP contribution in [0.4, 0.5) is 0 Å². The minimum Gasteiger partial charge on any atom is -0.217 e. The van der Waals surface area contributed by atoms with Gasteiger partial charge in [0.05, 0.1) is 17.6 Å². The zero-order valence-corrected chi connectivity index (χ0v) is 11.3. The van der Waals surface area contributed by atoms with Crippen LogP contribution in [0, 0.1) is 0 Å². The van der Waals surface area contributed by atoms with Gasteiger partial charge in [-0.2, -0.15) is 0 Å². The van der Waals surface area contributed by atoms with Crippen molar-refractivity contribution in [2.24, 2.45) is 0 Å². The van der Waals surface area contributed by atoms with Crippen molar-refractivity contribution in [1.29, 1.82) is 0 Å². The summed E-state index contributed by atoms with van der Waals surface area (Å²) < 4.78 is 2.01. The monoisotopic (exact) mass is 251 g/mol. The van der Waals surface area contributed by atoms with Gasteiger partial charge in [0.1, 0.15) is 0 Å². The summed E-state index contributed by atoms with van der Waals surface area (Å²) in [5.41, 5.74) is 8.13. The van der Waals surface area contributed by atoms with Crippen LogP contribution in [0.2, 0.25) is 0 Å². The van der Waals surface area contributed by atoms with Crippen molar-refractivity contribution in [2.45, 2.75) is 39.0 Å². The number of aromatic nitrogens is 3. The topological polar surface area (TPSA) is 30.7 Å². The van der Waals surface area contributed by atoms with E-state index in [1.807, 2.05) is 10.9 Å². The third-order valence-electron chi connectivity index (χ3n) is 4.41. The van der Waals surface area contributed by atoms with Gasteiger partial charge in [-0.1, -0.05) is 16.9 Å². The molecule has 1 aromatic heterocycles. The molecule has 1 aromatic carbocycles. The molecule has 0 N–H and O–H groups in total. The van der Waals surface area contributed by atoms with E-state index in [9.17, 15) is 0 Å². The van der Waals surface area contributed by atoms with Crippen LogP contribution >= 0.6 is 0 Å². The minimum absolute atomic E-state index is 0.668. The average Bonchev–Trinajstić information content (AvgIpc) is 3.08. The fourth-order valence-electron chi connectivity index (χ4n) is 2.95. The zero-order chi connectivity index (χ0) is 13.0. The minimum atomic E-state index is 0.668. The second-order valence-electron chi connectivity index (χ2n) is 5.77. The summed E-state index contributed by atoms with van der Waals surface area (Å²) in [5, 5.41) is 8.36. The predicted octanol–water partition coefficient (Wildman–Crippen LogP) is 3.49. The molecule has 1 fully saturated rings. The van der Waals surface area contributed by atoms with Crippen molar-refractivity contribution in [3.05, 3.63) is 46.8 Å². The summed E-state index contributed by atoms with van der Waals surface area (Å²) in [4.78, 5) is 0. The molecule has 2 aromatic rings. The molecule has 0 aliphatic heterocycles. The number of benzene rings is 1. The standard InChI is InChI=1S/C16H17N3/c1-10-7-13-5-6-14(8-15(13)11(10)2)19-16(9-17-18-19)12-3-4-12/h5-6,8-9,12H,3-4,7H2,1-2H3. The van der Waals surface area contributed by atoms with E-state index in [2.05, 4.69) is 42.4 Å². The number of hydrogen-bond acceptors (Lipinski definition) is 2. The van der Waals surface area contributed by atoms with Crippen LogP contribution in [-0.2, 0) is 6.42 Å². The first-order chi connectivity index (χ1) is 9.24. The van der Waals surface area contributed by atoms with Crippen LogP contribution in [0.25, 0.3) is 11.3 Å². The lowest BCUT2D eigenvalue weighted by molar-refractivity contribution is 0.763. The molecule has 2 aliphatic carbocycles. The lowest BCUT2D eigenvalue weighted by Crippen LogP contribution is -2.02. The highest BCUT2D eigenvalue weighted by molar-refractivity contribution is 5.76. The lowest BCUT2D eigenvalue weighted by atomic mass is 10.1. The Balaban J connectivity index is 1.82. The fourth-order valence-corrected chi connectivity index (χ4v) is 2.95. The van der Waals surface area contributed by atoms with Gasteiger partial charge >= 0.3 is 0 Å². The van der Waals surface area contributed by atoms with Crippen molar-refractivity contribution in [3.8, 4) is 5.69 Å². The van der Waals surface area contributed by atoms with Gasteiger partial charge in [-0.3, -0.25) is 0 Å². The highest BCUT2D eigenvalue weighted by atomic mass is 15.4. The number of nitrogens with zero attached hydrogens (tertiary/aromatic N) is 3. The van der Waals surface area contributed by atoms with E-state index in [0.717, 1.165) is 12.1 Å². The SMILES string of the molecule is CC1=C(C)c2cc(-n3nncc3C3CC3)ccc2C1. The average molecular weight is 251 g/mol. The summed E-state index contributed by atoms with van der Waals surface area (Å²) in [6.07, 6.45) is 5.56. The van der Waals surface area contributed by atoms with Crippen molar-refractivity contribution < 1.29 is 0 Å². The first kappa shape index (κ1) is 11.0. The Morgan fingerprint density at radius 1 is 1.21 bits per heavy atom. The number of allylic oxidation sites excluding steroid dienone is 2. The Kier molecular flexibility index (Phi) is 2.19. The van der Waals surface area contributed by atoms with Crippen LogP contribution < -0.4 is 0 Å². The van der Waals surface area contributed by atoms with Crippen LogP contribution in [0.5, 0.6) is 0 Å². The van der Waals surface area contributed by atoms with Crippen LogP contribution in [0.15, 0.2) is 30.0 Å². The third kappa shape index (κ3) is 1.65. The van der Waals surface area contributed by atoms with E-state index in [0.29, 0.717) is 5.92 Å². The predicted molar refractivity (Wildman–Crippen MR) is 75.3 cm³/mol. The summed E-state index contributed by atoms with van der Waals surface area (Å²) in [6.45, 7) is 4.44. The second-order valence-corrected chi connectivity index (χ2v) is 5.77. The molecule has 1 saturated carbocycles. The summed E-state index contributed by atoms with van der Waals surface area (Å²) >= 11 is 0. The molecule has 0 unspecified atom stereocenters. The van der Waals surface area contributed by atoms with Gasteiger partial charge in [-0.25, -0.2) is 4.68 Å². The molecule has 0 saturated heterocycles. The molecule has 0 radical (unpaired) electrons. The Labute approximate surface area is 113 Å². The highest BCUT2D eigenvalue weighted by Crippen LogP contribution is 2.40. The maximum atomic E-state index is 4.27. The largest absolute Gasteiger partial charge is 0.217 e. The Bertz CT molecular complexity index is 690. The normalized spacial score (nSPS) is 18.0. The number of fused-ring (bicyclic) bond motifs is 1. The molecule has 2 aliphatic rings. The van der Waals surface area contributed by atoms with Gasteiger partial charge in [0.25, 0.3) is 0 Å². The number of rotatable bonds is 2. The second kappa shape index (κ2) is 3.80. The van der Waals surface area contributed by atoms with Gasteiger partial charge < -0.3 is 0 Å². The molecular weight excluding hydrogens is 234 g/mol. The summed E-state index contributed by atoms with van der Waals surface area (Å²) in [7, 11) is 0. The molecule has 0 atom stereocenters. The molecule has 3 nitrogen and oxygen atoms in total. The van der Waals surface area contributed by atoms with Crippen LogP contribution in [0.3, 0.4) is 0 Å². The first-order valence-corrected chi connectivity index (χ1v) is 6.94. The van der Waals surface area contributed by atoms with E-state index in [1.54, 1.807) is 0 Å². The van der Waals surface area contributed by atoms with Crippen LogP contribution in [-0.4, -0.2) is 15.0 Å². The third-order valence-corrected chi connectivity index (χ3v) is 4.41. The van der Waals surface area contributed by atoms with Crippen molar-refractivity contribution in [2.75, 3.05) is 0 Å². The molecule has 4 rings (SSSR count). The maximum absolute atomic E-state index is 4.27. The van der Waals surface area contributed by atoms with Gasteiger partial charge in [-0.05, 0) is 61.9 Å². The molecule has 3 heteroatoms. The number of hydrogen-bond donors (Lipinski definition) is 0. The van der Waals surface area contributed by atoms with E-state index in [1.165, 1.54) is 40.8 Å². The molecule has 1 heterocycles. The summed E-state index contributed by atoms with van der Waals surface area (Å²) in [6, 6.07) is 6.68. The van der Waals surface area contributed by atoms with Gasteiger partial charge in [0.15, 0.2) is 0 Å². The molecule has 0 amide bonds. The van der Waals surface area contributed by atoms with Crippen molar-refractivity contribution in [1.82, 2.24) is 15.0 Å². The molecule has 0 bridgehead atoms. The van der Waals surface area contributed by atoms with E-state index in [-0.39, 0.29) is 0 Å². The fraction of sp³-hybridized carbons (Fsp3) is 0.375. The lowest BCUT2D eigenvalue weighted by Gasteiger charge is -2.08. The summed E-state index contributed by atoms with van der Waals surface area (Å²) in [5.74, 6) is 0.668. The molecule has 0 spiro atoms. The van der Waals surface area contributed by atoms with Gasteiger partial charge in [-0.15, -0.1) is 5.10 Å². The Morgan fingerprint density at radius 2 is 2.05 bits per heavy atom. The zero-order valence-electron chi connectivity index (χ0n) is 11.3.